The first-order valence-corrected chi connectivity index (χ1v) is 11.9. The van der Waals surface area contributed by atoms with Crippen LogP contribution in [-0.4, -0.2) is 92.2 Å². The van der Waals surface area contributed by atoms with Gasteiger partial charge in [0.25, 0.3) is 0 Å². The van der Waals surface area contributed by atoms with Crippen molar-refractivity contribution in [2.24, 2.45) is 0 Å². The lowest BCUT2D eigenvalue weighted by Crippen LogP contribution is -2.38. The van der Waals surface area contributed by atoms with Crippen LogP contribution in [0.25, 0.3) is 5.57 Å². The van der Waals surface area contributed by atoms with Gasteiger partial charge in [0.05, 0.1) is 40.3 Å². The van der Waals surface area contributed by atoms with Gasteiger partial charge in [-0.1, -0.05) is 6.08 Å². The highest BCUT2D eigenvalue weighted by atomic mass is 32.1. The molecule has 11 nitrogen and oxygen atoms in total. The Balaban J connectivity index is 1.68. The van der Waals surface area contributed by atoms with Gasteiger partial charge in [-0.3, -0.25) is 4.79 Å². The van der Waals surface area contributed by atoms with Crippen molar-refractivity contribution < 1.29 is 23.7 Å². The van der Waals surface area contributed by atoms with Crippen LogP contribution in [0.5, 0.6) is 17.2 Å². The summed E-state index contributed by atoms with van der Waals surface area (Å²) in [5.74, 6) is 3.27. The van der Waals surface area contributed by atoms with E-state index >= 15 is 0 Å². The molecule has 3 heterocycles. The first-order chi connectivity index (χ1) is 17.1. The zero-order valence-electron chi connectivity index (χ0n) is 20.1. The molecule has 2 aromatic rings. The Morgan fingerprint density at radius 2 is 1.77 bits per heavy atom. The lowest BCUT2D eigenvalue weighted by Gasteiger charge is -2.28. The zero-order valence-corrected chi connectivity index (χ0v) is 21.0. The van der Waals surface area contributed by atoms with E-state index < -0.39 is 0 Å². The van der Waals surface area contributed by atoms with Crippen molar-refractivity contribution in [3.63, 3.8) is 0 Å². The number of carbonyl (C=O) groups excluding carboxylic acids is 1. The molecule has 1 N–H and O–H groups in total. The number of anilines is 3. The number of methoxy groups -OCH3 is 3. The maximum atomic E-state index is 12.0. The van der Waals surface area contributed by atoms with E-state index in [2.05, 4.69) is 27.8 Å². The van der Waals surface area contributed by atoms with E-state index in [1.54, 1.807) is 38.4 Å². The molecule has 0 bridgehead atoms. The molecule has 0 aliphatic carbocycles. The number of morpholine rings is 1. The first-order valence-electron chi connectivity index (χ1n) is 11.3. The van der Waals surface area contributed by atoms with Crippen LogP contribution in [0, 0.1) is 0 Å². The van der Waals surface area contributed by atoms with Gasteiger partial charge in [-0.15, -0.1) is 0 Å². The van der Waals surface area contributed by atoms with Crippen LogP contribution in [0.1, 0.15) is 12.2 Å². The number of carbonyl (C=O) groups is 1. The summed E-state index contributed by atoms with van der Waals surface area (Å²) in [5, 5.41) is 3.26. The third-order valence-electron chi connectivity index (χ3n) is 5.82. The van der Waals surface area contributed by atoms with Crippen molar-refractivity contribution in [3.05, 3.63) is 24.0 Å². The molecule has 0 radical (unpaired) electrons. The fraction of sp³-hybridized carbons (Fsp3) is 0.478. The van der Waals surface area contributed by atoms with Crippen molar-refractivity contribution in [2.75, 3.05) is 76.7 Å². The smallest absolute Gasteiger partial charge is 0.232 e. The van der Waals surface area contributed by atoms with Crippen LogP contribution in [-0.2, 0) is 9.53 Å². The first kappa shape index (κ1) is 24.9. The molecular formula is C23H30N6O5S. The fourth-order valence-electron chi connectivity index (χ4n) is 3.95. The molecule has 1 amide bonds. The number of hydrogen-bond acceptors (Lipinski definition) is 11. The molecule has 0 atom stereocenters. The summed E-state index contributed by atoms with van der Waals surface area (Å²) < 4.78 is 21.8. The average molecular weight is 503 g/mol. The quantitative estimate of drug-likeness (QED) is 0.520. The molecule has 0 unspecified atom stereocenters. The topological polar surface area (TPSA) is 111 Å². The van der Waals surface area contributed by atoms with Crippen molar-refractivity contribution >= 4 is 41.7 Å². The van der Waals surface area contributed by atoms with E-state index in [9.17, 15) is 4.79 Å². The number of aromatic nitrogens is 3. The number of rotatable bonds is 8. The maximum absolute atomic E-state index is 12.0. The van der Waals surface area contributed by atoms with Gasteiger partial charge >= 0.3 is 0 Å². The zero-order chi connectivity index (χ0) is 24.8. The van der Waals surface area contributed by atoms with E-state index in [4.69, 9.17) is 28.9 Å². The number of benzene rings is 1. The SMILES string of the molecule is COc1cc(Nc2nc(C3=CCN(C(=O)CS)CC3)nc(N3CCOCC3)n2)cc(OC)c1OC. The summed E-state index contributed by atoms with van der Waals surface area (Å²) in [6, 6.07) is 3.58. The molecule has 2 aliphatic rings. The molecule has 12 heteroatoms. The maximum Gasteiger partial charge on any atom is 0.232 e. The third-order valence-corrected chi connectivity index (χ3v) is 6.09. The predicted molar refractivity (Wildman–Crippen MR) is 135 cm³/mol. The number of ether oxygens (including phenoxy) is 4. The monoisotopic (exact) mass is 502 g/mol. The third kappa shape index (κ3) is 5.70. The number of thiol groups is 1. The Morgan fingerprint density at radius 3 is 2.34 bits per heavy atom. The second kappa shape index (κ2) is 11.5. The molecule has 1 aromatic heterocycles. The summed E-state index contributed by atoms with van der Waals surface area (Å²) in [5.41, 5.74) is 1.64. The number of nitrogens with one attached hydrogen (secondary N) is 1. The van der Waals surface area contributed by atoms with Gasteiger partial charge in [0.15, 0.2) is 17.3 Å². The van der Waals surface area contributed by atoms with E-state index in [0.29, 0.717) is 86.5 Å². The van der Waals surface area contributed by atoms with Crippen LogP contribution in [0.2, 0.25) is 0 Å². The second-order valence-corrected chi connectivity index (χ2v) is 8.21. The number of hydrogen-bond donors (Lipinski definition) is 2. The highest BCUT2D eigenvalue weighted by molar-refractivity contribution is 7.81. The normalized spacial score (nSPS) is 15.9. The highest BCUT2D eigenvalue weighted by Gasteiger charge is 2.22. The molecule has 1 saturated heterocycles. The lowest BCUT2D eigenvalue weighted by molar-refractivity contribution is -0.127. The van der Waals surface area contributed by atoms with Gasteiger partial charge in [-0.25, -0.2) is 0 Å². The van der Waals surface area contributed by atoms with Gasteiger partial charge < -0.3 is 34.1 Å². The highest BCUT2D eigenvalue weighted by Crippen LogP contribution is 2.40. The van der Waals surface area contributed by atoms with Crippen molar-refractivity contribution in [1.29, 1.82) is 0 Å². The molecule has 35 heavy (non-hydrogen) atoms. The molecule has 0 saturated carbocycles. The van der Waals surface area contributed by atoms with Crippen LogP contribution in [0.15, 0.2) is 18.2 Å². The van der Waals surface area contributed by atoms with Gasteiger partial charge in [0.2, 0.25) is 23.6 Å². The van der Waals surface area contributed by atoms with Gasteiger partial charge in [-0.05, 0) is 12.0 Å². The molecule has 2 aliphatic heterocycles. The Hall–Kier alpha value is -3.25. The fourth-order valence-corrected chi connectivity index (χ4v) is 4.15. The van der Waals surface area contributed by atoms with Gasteiger partial charge in [-0.2, -0.15) is 27.6 Å². The Bertz CT molecular complexity index is 1070. The number of nitrogens with zero attached hydrogens (tertiary/aromatic N) is 5. The Kier molecular flexibility index (Phi) is 8.13. The van der Waals surface area contributed by atoms with Crippen molar-refractivity contribution in [3.8, 4) is 17.2 Å². The van der Waals surface area contributed by atoms with Gasteiger partial charge in [0, 0.05) is 44.0 Å². The Morgan fingerprint density at radius 1 is 1.06 bits per heavy atom. The summed E-state index contributed by atoms with van der Waals surface area (Å²) >= 11 is 4.10. The van der Waals surface area contributed by atoms with E-state index in [0.717, 1.165) is 5.57 Å². The molecule has 4 rings (SSSR count). The summed E-state index contributed by atoms with van der Waals surface area (Å²) in [6.07, 6.45) is 2.64. The number of amides is 1. The second-order valence-electron chi connectivity index (χ2n) is 7.90. The van der Waals surface area contributed by atoms with Gasteiger partial charge in [0.1, 0.15) is 0 Å². The van der Waals surface area contributed by atoms with Crippen molar-refractivity contribution in [2.45, 2.75) is 6.42 Å². The van der Waals surface area contributed by atoms with E-state index in [-0.39, 0.29) is 11.7 Å². The van der Waals surface area contributed by atoms with E-state index in [1.165, 1.54) is 0 Å². The molecular weight excluding hydrogens is 472 g/mol. The molecule has 1 fully saturated rings. The summed E-state index contributed by atoms with van der Waals surface area (Å²) in [6.45, 7) is 3.70. The minimum absolute atomic E-state index is 0.0121. The largest absolute Gasteiger partial charge is 0.493 e. The van der Waals surface area contributed by atoms with Crippen LogP contribution in [0.3, 0.4) is 0 Å². The lowest BCUT2D eigenvalue weighted by atomic mass is 10.1. The van der Waals surface area contributed by atoms with Crippen LogP contribution < -0.4 is 24.4 Å². The van der Waals surface area contributed by atoms with Crippen molar-refractivity contribution in [1.82, 2.24) is 19.9 Å². The summed E-state index contributed by atoms with van der Waals surface area (Å²) in [4.78, 5) is 30.0. The minimum atomic E-state index is 0.0121. The minimum Gasteiger partial charge on any atom is -0.493 e. The average Bonchev–Trinajstić information content (AvgIpc) is 2.92. The standard InChI is InChI=1S/C23H30N6O5S/c1-31-17-12-16(13-18(32-2)20(17)33-3)24-22-25-21(15-4-6-28(7-5-15)19(30)14-35)26-23(27-22)29-8-10-34-11-9-29/h4,12-13,35H,5-11,14H2,1-3H3,(H,24,25,26,27). The molecule has 0 spiro atoms. The van der Waals surface area contributed by atoms with Crippen LogP contribution >= 0.6 is 12.6 Å². The predicted octanol–water partition coefficient (Wildman–Crippen LogP) is 2.02. The van der Waals surface area contributed by atoms with E-state index in [1.807, 2.05) is 6.08 Å². The molecule has 188 valence electrons. The Labute approximate surface area is 209 Å². The summed E-state index contributed by atoms with van der Waals surface area (Å²) in [7, 11) is 4.69. The molecule has 1 aromatic carbocycles. The van der Waals surface area contributed by atoms with Crippen LogP contribution in [0.4, 0.5) is 17.6 Å².